The summed E-state index contributed by atoms with van der Waals surface area (Å²) in [5.41, 5.74) is -0.189. The highest BCUT2D eigenvalue weighted by atomic mass is 16.6. The van der Waals surface area contributed by atoms with Crippen LogP contribution in [0.5, 0.6) is 0 Å². The third kappa shape index (κ3) is 2.19. The molecule has 0 unspecified atom stereocenters. The Morgan fingerprint density at radius 3 is 2.67 bits per heavy atom. The van der Waals surface area contributed by atoms with Gasteiger partial charge in [0, 0.05) is 6.20 Å². The zero-order valence-corrected chi connectivity index (χ0v) is 9.35. The van der Waals surface area contributed by atoms with Crippen molar-refractivity contribution in [1.82, 2.24) is 19.6 Å². The average molecular weight is 251 g/mol. The van der Waals surface area contributed by atoms with E-state index in [1.807, 2.05) is 6.92 Å². The molecule has 94 valence electrons. The number of nitrogens with zero attached hydrogens (tertiary/aromatic N) is 5. The van der Waals surface area contributed by atoms with Gasteiger partial charge in [0.2, 0.25) is 5.69 Å². The predicted octanol–water partition coefficient (Wildman–Crippen LogP) is 0.500. The summed E-state index contributed by atoms with van der Waals surface area (Å²) < 4.78 is 2.66. The third-order valence-corrected chi connectivity index (χ3v) is 2.19. The number of hydrogen-bond donors (Lipinski definition) is 1. The van der Waals surface area contributed by atoms with E-state index in [9.17, 15) is 14.9 Å². The molecule has 0 fully saturated rings. The van der Waals surface area contributed by atoms with Gasteiger partial charge in [0.15, 0.2) is 0 Å². The molecule has 0 aromatic carbocycles. The van der Waals surface area contributed by atoms with Gasteiger partial charge >= 0.3 is 11.7 Å². The van der Waals surface area contributed by atoms with Gasteiger partial charge in [0.25, 0.3) is 0 Å². The lowest BCUT2D eigenvalue weighted by atomic mass is 10.4. The van der Waals surface area contributed by atoms with Crippen LogP contribution in [0.2, 0.25) is 0 Å². The summed E-state index contributed by atoms with van der Waals surface area (Å²) in [7, 11) is 0. The van der Waals surface area contributed by atoms with E-state index in [2.05, 4.69) is 10.2 Å². The summed E-state index contributed by atoms with van der Waals surface area (Å²) in [6.07, 6.45) is 4.41. The fraction of sp³-hybridized carbons (Fsp3) is 0.222. The minimum Gasteiger partial charge on any atom is -0.476 e. The smallest absolute Gasteiger partial charge is 0.363 e. The lowest BCUT2D eigenvalue weighted by Gasteiger charge is -1.99. The van der Waals surface area contributed by atoms with Crippen LogP contribution >= 0.6 is 0 Å². The van der Waals surface area contributed by atoms with Gasteiger partial charge in [-0.05, 0) is 12.5 Å². The number of aryl methyl sites for hydroxylation is 1. The van der Waals surface area contributed by atoms with Crippen LogP contribution in [0.25, 0.3) is 0 Å². The Morgan fingerprint density at radius 2 is 2.22 bits per heavy atom. The van der Waals surface area contributed by atoms with E-state index in [1.165, 1.54) is 4.68 Å². The minimum atomic E-state index is -1.43. The highest BCUT2D eigenvalue weighted by Crippen LogP contribution is 2.16. The van der Waals surface area contributed by atoms with E-state index < -0.39 is 22.3 Å². The lowest BCUT2D eigenvalue weighted by Crippen LogP contribution is -2.10. The number of nitro groups is 1. The van der Waals surface area contributed by atoms with Gasteiger partial charge < -0.3 is 5.11 Å². The number of aromatic carboxylic acids is 1. The van der Waals surface area contributed by atoms with Gasteiger partial charge in [-0.2, -0.15) is 10.2 Å². The summed E-state index contributed by atoms with van der Waals surface area (Å²) in [5, 5.41) is 27.1. The van der Waals surface area contributed by atoms with Crippen molar-refractivity contribution in [2.45, 2.75) is 13.6 Å². The predicted molar refractivity (Wildman–Crippen MR) is 58.2 cm³/mol. The Kier molecular flexibility index (Phi) is 2.80. The van der Waals surface area contributed by atoms with Gasteiger partial charge in [0.1, 0.15) is 12.9 Å². The van der Waals surface area contributed by atoms with Gasteiger partial charge in [-0.1, -0.05) is 0 Å². The molecular weight excluding hydrogens is 242 g/mol. The fourth-order valence-electron chi connectivity index (χ4n) is 1.46. The van der Waals surface area contributed by atoms with Crippen LogP contribution in [0.15, 0.2) is 18.6 Å². The van der Waals surface area contributed by atoms with Crippen LogP contribution in [0.4, 0.5) is 5.69 Å². The van der Waals surface area contributed by atoms with E-state index in [-0.39, 0.29) is 6.67 Å². The molecule has 0 amide bonds. The second-order valence-electron chi connectivity index (χ2n) is 3.66. The summed E-state index contributed by atoms with van der Waals surface area (Å²) in [4.78, 5) is 20.7. The number of carboxylic acids is 1. The first-order valence-corrected chi connectivity index (χ1v) is 4.91. The van der Waals surface area contributed by atoms with Gasteiger partial charge in [0.05, 0.1) is 11.1 Å². The molecular formula is C9H9N5O4. The molecule has 2 heterocycles. The van der Waals surface area contributed by atoms with E-state index >= 15 is 0 Å². The maximum atomic E-state index is 10.8. The fourth-order valence-corrected chi connectivity index (χ4v) is 1.46. The van der Waals surface area contributed by atoms with Crippen LogP contribution in [0.3, 0.4) is 0 Å². The number of aromatic nitrogens is 4. The van der Waals surface area contributed by atoms with E-state index in [0.29, 0.717) is 0 Å². The maximum absolute atomic E-state index is 10.8. The molecule has 9 nitrogen and oxygen atoms in total. The molecule has 0 bridgehead atoms. The van der Waals surface area contributed by atoms with Crippen LogP contribution < -0.4 is 0 Å². The second kappa shape index (κ2) is 4.28. The first kappa shape index (κ1) is 11.8. The molecule has 0 aliphatic rings. The van der Waals surface area contributed by atoms with Gasteiger partial charge in [-0.3, -0.25) is 14.8 Å². The number of hydrogen-bond acceptors (Lipinski definition) is 5. The topological polar surface area (TPSA) is 116 Å². The number of carboxylic acid groups (broad SMARTS) is 1. The SMILES string of the molecule is Cc1cnn(Cn2cc([N+](=O)[O-])c(C(=O)O)n2)c1. The van der Waals surface area contributed by atoms with Crippen molar-refractivity contribution in [2.75, 3.05) is 0 Å². The molecule has 2 aromatic heterocycles. The molecule has 18 heavy (non-hydrogen) atoms. The summed E-state index contributed by atoms with van der Waals surface area (Å²) >= 11 is 0. The monoisotopic (exact) mass is 251 g/mol. The molecule has 0 saturated carbocycles. The lowest BCUT2D eigenvalue weighted by molar-refractivity contribution is -0.385. The van der Waals surface area contributed by atoms with E-state index in [1.54, 1.807) is 12.4 Å². The Labute approximate surface area is 100 Å². The molecule has 2 rings (SSSR count). The highest BCUT2D eigenvalue weighted by Gasteiger charge is 2.25. The van der Waals surface area contributed by atoms with Gasteiger partial charge in [-0.25, -0.2) is 9.48 Å². The van der Waals surface area contributed by atoms with Crippen molar-refractivity contribution in [3.63, 3.8) is 0 Å². The molecule has 9 heteroatoms. The largest absolute Gasteiger partial charge is 0.476 e. The van der Waals surface area contributed by atoms with Crippen molar-refractivity contribution >= 4 is 11.7 Å². The molecule has 0 saturated heterocycles. The molecule has 0 aliphatic carbocycles. The van der Waals surface area contributed by atoms with Crippen molar-refractivity contribution in [3.8, 4) is 0 Å². The average Bonchev–Trinajstić information content (AvgIpc) is 2.85. The van der Waals surface area contributed by atoms with Crippen LogP contribution in [0, 0.1) is 17.0 Å². The van der Waals surface area contributed by atoms with E-state index in [0.717, 1.165) is 16.4 Å². The van der Waals surface area contributed by atoms with Crippen LogP contribution in [-0.2, 0) is 6.67 Å². The zero-order valence-electron chi connectivity index (χ0n) is 9.35. The molecule has 1 N–H and O–H groups in total. The molecule has 0 aliphatic heterocycles. The zero-order chi connectivity index (χ0) is 13.3. The van der Waals surface area contributed by atoms with Crippen molar-refractivity contribution in [2.24, 2.45) is 0 Å². The second-order valence-corrected chi connectivity index (χ2v) is 3.66. The van der Waals surface area contributed by atoms with Crippen molar-refractivity contribution in [1.29, 1.82) is 0 Å². The Bertz CT molecular complexity index is 583. The quantitative estimate of drug-likeness (QED) is 0.624. The third-order valence-electron chi connectivity index (χ3n) is 2.19. The normalized spacial score (nSPS) is 10.5. The summed E-state index contributed by atoms with van der Waals surface area (Å²) in [6, 6.07) is 0. The van der Waals surface area contributed by atoms with Crippen molar-refractivity contribution in [3.05, 3.63) is 40.0 Å². The number of carbonyl (C=O) groups is 1. The summed E-state index contributed by atoms with van der Waals surface area (Å²) in [6.45, 7) is 1.96. The molecule has 2 aromatic rings. The molecule has 0 atom stereocenters. The number of rotatable bonds is 4. The Balaban J connectivity index is 2.32. The van der Waals surface area contributed by atoms with Crippen molar-refractivity contribution < 1.29 is 14.8 Å². The first-order valence-electron chi connectivity index (χ1n) is 4.91. The Hall–Kier alpha value is -2.71. The van der Waals surface area contributed by atoms with Gasteiger partial charge in [-0.15, -0.1) is 0 Å². The summed E-state index contributed by atoms with van der Waals surface area (Å²) in [5.74, 6) is -1.43. The Morgan fingerprint density at radius 1 is 1.50 bits per heavy atom. The standard InChI is InChI=1S/C9H9N5O4/c1-6-2-10-12(3-6)5-13-4-7(14(17)18)8(11-13)9(15)16/h2-4H,5H2,1H3,(H,15,16). The minimum absolute atomic E-state index is 0.113. The van der Waals surface area contributed by atoms with Crippen LogP contribution in [0.1, 0.15) is 16.1 Å². The first-order chi connectivity index (χ1) is 8.47. The van der Waals surface area contributed by atoms with E-state index in [4.69, 9.17) is 5.11 Å². The highest BCUT2D eigenvalue weighted by molar-refractivity contribution is 5.89. The maximum Gasteiger partial charge on any atom is 0.363 e. The molecule has 0 spiro atoms. The molecule has 0 radical (unpaired) electrons. The van der Waals surface area contributed by atoms with Crippen LogP contribution in [-0.4, -0.2) is 35.6 Å².